The van der Waals surface area contributed by atoms with E-state index in [1.807, 2.05) is 0 Å². The molecule has 0 saturated heterocycles. The number of esters is 3. The molecular formula is C57H108O6. The van der Waals surface area contributed by atoms with Crippen LogP contribution < -0.4 is 0 Å². The Balaban J connectivity index is 4.30. The fourth-order valence-corrected chi connectivity index (χ4v) is 8.50. The molecule has 1 atom stereocenters. The van der Waals surface area contributed by atoms with E-state index in [9.17, 15) is 14.4 Å². The second kappa shape index (κ2) is 52.8. The van der Waals surface area contributed by atoms with E-state index in [4.69, 9.17) is 14.2 Å². The molecule has 0 bridgehead atoms. The standard InChI is InChI=1S/C57H108O6/c1-4-7-10-13-16-19-22-25-27-28-29-31-32-35-38-41-44-47-50-56(59)62-53-54(52-61-55(58)49-46-43-40-37-34-24-21-18-15-12-9-6-3)63-57(60)51-48-45-42-39-36-33-30-26-23-20-17-14-11-8-5-2/h26,30,54H,4-25,27-29,31-53H2,1-3H3/b30-26-/t54-/m1/s1. The number of ether oxygens (including phenoxy) is 3. The minimum Gasteiger partial charge on any atom is -0.462 e. The van der Waals surface area contributed by atoms with E-state index in [2.05, 4.69) is 32.9 Å². The highest BCUT2D eigenvalue weighted by Gasteiger charge is 2.19. The highest BCUT2D eigenvalue weighted by Crippen LogP contribution is 2.17. The highest BCUT2D eigenvalue weighted by atomic mass is 16.6. The largest absolute Gasteiger partial charge is 0.462 e. The summed E-state index contributed by atoms with van der Waals surface area (Å²) in [7, 11) is 0. The number of hydrogen-bond donors (Lipinski definition) is 0. The van der Waals surface area contributed by atoms with Crippen molar-refractivity contribution in [3.05, 3.63) is 12.2 Å². The SMILES string of the molecule is CCCCCCCC/C=C\CCCCCCCC(=O)O[C@H](COC(=O)CCCCCCCCCCCCCC)COC(=O)CCCCCCCCCCCCCCCCCCCC. The molecule has 0 unspecified atom stereocenters. The van der Waals surface area contributed by atoms with Gasteiger partial charge in [0.05, 0.1) is 0 Å². The third-order valence-corrected chi connectivity index (χ3v) is 12.8. The number of carbonyl (C=O) groups excluding carboxylic acids is 3. The summed E-state index contributed by atoms with van der Waals surface area (Å²) in [6, 6.07) is 0. The predicted octanol–water partition coefficient (Wildman–Crippen LogP) is 18.5. The molecule has 0 rings (SSSR count). The normalized spacial score (nSPS) is 12.0. The average molecular weight is 889 g/mol. The Bertz CT molecular complexity index is 978. The van der Waals surface area contributed by atoms with Crippen molar-refractivity contribution >= 4 is 17.9 Å². The van der Waals surface area contributed by atoms with Gasteiger partial charge >= 0.3 is 17.9 Å². The third kappa shape index (κ3) is 51.0. The van der Waals surface area contributed by atoms with Crippen LogP contribution in [0, 0.1) is 0 Å². The van der Waals surface area contributed by atoms with E-state index in [1.165, 1.54) is 212 Å². The van der Waals surface area contributed by atoms with Crippen molar-refractivity contribution in [2.45, 2.75) is 322 Å². The number of allylic oxidation sites excluding steroid dienone is 2. The summed E-state index contributed by atoms with van der Waals surface area (Å²) in [6.45, 7) is 6.67. The maximum Gasteiger partial charge on any atom is 0.306 e. The molecule has 0 heterocycles. The van der Waals surface area contributed by atoms with Crippen LogP contribution in [-0.2, 0) is 28.6 Å². The van der Waals surface area contributed by atoms with Gasteiger partial charge in [-0.05, 0) is 44.9 Å². The van der Waals surface area contributed by atoms with Crippen molar-refractivity contribution in [2.75, 3.05) is 13.2 Å². The van der Waals surface area contributed by atoms with Gasteiger partial charge in [-0.2, -0.15) is 0 Å². The van der Waals surface area contributed by atoms with Gasteiger partial charge in [0.2, 0.25) is 0 Å². The summed E-state index contributed by atoms with van der Waals surface area (Å²) in [5.41, 5.74) is 0. The van der Waals surface area contributed by atoms with E-state index < -0.39 is 6.10 Å². The Labute approximate surface area is 392 Å². The molecule has 0 aliphatic heterocycles. The maximum atomic E-state index is 12.8. The summed E-state index contributed by atoms with van der Waals surface area (Å²) in [4.78, 5) is 38.1. The average Bonchev–Trinajstić information content (AvgIpc) is 3.28. The van der Waals surface area contributed by atoms with Gasteiger partial charge in [0, 0.05) is 19.3 Å². The minimum atomic E-state index is -0.768. The first-order valence-corrected chi connectivity index (χ1v) is 28.2. The zero-order valence-corrected chi connectivity index (χ0v) is 42.6. The number of rotatable bonds is 52. The van der Waals surface area contributed by atoms with Crippen molar-refractivity contribution in [3.63, 3.8) is 0 Å². The van der Waals surface area contributed by atoms with Gasteiger partial charge in [-0.3, -0.25) is 14.4 Å². The molecule has 372 valence electrons. The van der Waals surface area contributed by atoms with E-state index >= 15 is 0 Å². The van der Waals surface area contributed by atoms with Crippen LogP contribution in [0.15, 0.2) is 12.2 Å². The lowest BCUT2D eigenvalue weighted by atomic mass is 10.0. The second-order valence-electron chi connectivity index (χ2n) is 19.2. The van der Waals surface area contributed by atoms with Gasteiger partial charge in [-0.1, -0.05) is 264 Å². The first-order valence-electron chi connectivity index (χ1n) is 28.2. The van der Waals surface area contributed by atoms with Crippen LogP contribution in [-0.4, -0.2) is 37.2 Å². The van der Waals surface area contributed by atoms with Crippen molar-refractivity contribution < 1.29 is 28.6 Å². The van der Waals surface area contributed by atoms with Crippen LogP contribution in [0.1, 0.15) is 316 Å². The molecule has 0 aliphatic carbocycles. The molecule has 0 amide bonds. The molecular weight excluding hydrogens is 781 g/mol. The van der Waals surface area contributed by atoms with Crippen molar-refractivity contribution in [3.8, 4) is 0 Å². The molecule has 6 heteroatoms. The van der Waals surface area contributed by atoms with E-state index in [0.29, 0.717) is 19.3 Å². The summed E-state index contributed by atoms with van der Waals surface area (Å²) in [5, 5.41) is 0. The molecule has 0 aromatic rings. The summed E-state index contributed by atoms with van der Waals surface area (Å²) in [5.74, 6) is -0.854. The lowest BCUT2D eigenvalue weighted by Gasteiger charge is -2.18. The molecule has 6 nitrogen and oxygen atoms in total. The van der Waals surface area contributed by atoms with Crippen LogP contribution >= 0.6 is 0 Å². The van der Waals surface area contributed by atoms with Crippen molar-refractivity contribution in [1.29, 1.82) is 0 Å². The molecule has 0 aliphatic rings. The Morgan fingerprint density at radius 3 is 0.794 bits per heavy atom. The summed E-state index contributed by atoms with van der Waals surface area (Å²) in [6.07, 6.45) is 59.1. The first-order chi connectivity index (χ1) is 31.0. The maximum absolute atomic E-state index is 12.8. The highest BCUT2D eigenvalue weighted by molar-refractivity contribution is 5.71. The van der Waals surface area contributed by atoms with Crippen LogP contribution in [0.5, 0.6) is 0 Å². The van der Waals surface area contributed by atoms with E-state index in [1.54, 1.807) is 0 Å². The molecule has 0 spiro atoms. The molecule has 0 aromatic carbocycles. The molecule has 0 aromatic heterocycles. The third-order valence-electron chi connectivity index (χ3n) is 12.8. The monoisotopic (exact) mass is 889 g/mol. The zero-order valence-electron chi connectivity index (χ0n) is 42.6. The molecule has 0 saturated carbocycles. The van der Waals surface area contributed by atoms with Crippen molar-refractivity contribution in [2.24, 2.45) is 0 Å². The Morgan fingerprint density at radius 2 is 0.524 bits per heavy atom. The fraction of sp³-hybridized carbons (Fsp3) is 0.912. The molecule has 0 radical (unpaired) electrons. The van der Waals surface area contributed by atoms with Gasteiger partial charge < -0.3 is 14.2 Å². The topological polar surface area (TPSA) is 78.9 Å². The number of unbranched alkanes of at least 4 members (excludes halogenated alkanes) is 39. The minimum absolute atomic E-state index is 0.0676. The van der Waals surface area contributed by atoms with Gasteiger partial charge in [-0.15, -0.1) is 0 Å². The van der Waals surface area contributed by atoms with Crippen molar-refractivity contribution in [1.82, 2.24) is 0 Å². The lowest BCUT2D eigenvalue weighted by molar-refractivity contribution is -0.167. The number of hydrogen-bond acceptors (Lipinski definition) is 6. The Hall–Kier alpha value is -1.85. The summed E-state index contributed by atoms with van der Waals surface area (Å²) < 4.78 is 16.8. The van der Waals surface area contributed by atoms with Gasteiger partial charge in [-0.25, -0.2) is 0 Å². The van der Waals surface area contributed by atoms with Crippen LogP contribution in [0.25, 0.3) is 0 Å². The van der Waals surface area contributed by atoms with Gasteiger partial charge in [0.15, 0.2) is 6.10 Å². The summed E-state index contributed by atoms with van der Waals surface area (Å²) >= 11 is 0. The van der Waals surface area contributed by atoms with E-state index in [-0.39, 0.29) is 31.1 Å². The quantitative estimate of drug-likeness (QED) is 0.0262. The smallest absolute Gasteiger partial charge is 0.306 e. The zero-order chi connectivity index (χ0) is 45.8. The Kier molecular flexibility index (Phi) is 51.2. The van der Waals surface area contributed by atoms with Gasteiger partial charge in [0.1, 0.15) is 13.2 Å². The molecule has 0 fully saturated rings. The van der Waals surface area contributed by atoms with E-state index in [0.717, 1.165) is 64.2 Å². The van der Waals surface area contributed by atoms with Crippen LogP contribution in [0.4, 0.5) is 0 Å². The molecule has 63 heavy (non-hydrogen) atoms. The molecule has 0 N–H and O–H groups in total. The number of carbonyl (C=O) groups is 3. The van der Waals surface area contributed by atoms with Crippen LogP contribution in [0.2, 0.25) is 0 Å². The fourth-order valence-electron chi connectivity index (χ4n) is 8.50. The first kappa shape index (κ1) is 61.1. The Morgan fingerprint density at radius 1 is 0.302 bits per heavy atom. The lowest BCUT2D eigenvalue weighted by Crippen LogP contribution is -2.30. The van der Waals surface area contributed by atoms with Crippen LogP contribution in [0.3, 0.4) is 0 Å². The second-order valence-corrected chi connectivity index (χ2v) is 19.2. The predicted molar refractivity (Wildman–Crippen MR) is 270 cm³/mol. The van der Waals surface area contributed by atoms with Gasteiger partial charge in [0.25, 0.3) is 0 Å².